The third kappa shape index (κ3) is 5.62. The Kier molecular flexibility index (Phi) is 7.55. The zero-order valence-electron chi connectivity index (χ0n) is 18.8. The first kappa shape index (κ1) is 24.1. The van der Waals surface area contributed by atoms with E-state index in [-0.39, 0.29) is 11.4 Å². The number of aromatic nitrogens is 1. The molecule has 0 saturated heterocycles. The number of rotatable bonds is 7. The molecule has 0 saturated carbocycles. The molecule has 8 heteroatoms. The van der Waals surface area contributed by atoms with Crippen LogP contribution in [0.5, 0.6) is 11.5 Å². The summed E-state index contributed by atoms with van der Waals surface area (Å²) in [6.07, 6.45) is 0.800. The third-order valence-corrected chi connectivity index (χ3v) is 5.43. The number of aromatic hydroxyl groups is 1. The SMILES string of the molecule is COc1ccnc(C(=O)N[C@@H](C)C(=O)O[C@@H](C)c2ccc(-c3ccc(Cl)cc3C)cc2)c1O. The lowest BCUT2D eigenvalue weighted by Gasteiger charge is -2.18. The molecule has 33 heavy (non-hydrogen) atoms. The van der Waals surface area contributed by atoms with Gasteiger partial charge in [0.25, 0.3) is 5.91 Å². The quantitative estimate of drug-likeness (QED) is 0.481. The van der Waals surface area contributed by atoms with Crippen molar-refractivity contribution in [2.45, 2.75) is 32.9 Å². The fourth-order valence-corrected chi connectivity index (χ4v) is 3.55. The Labute approximate surface area is 197 Å². The molecule has 0 bridgehead atoms. The van der Waals surface area contributed by atoms with Gasteiger partial charge in [0, 0.05) is 17.3 Å². The fourth-order valence-electron chi connectivity index (χ4n) is 3.32. The van der Waals surface area contributed by atoms with Gasteiger partial charge in [0.05, 0.1) is 7.11 Å². The second kappa shape index (κ2) is 10.4. The van der Waals surface area contributed by atoms with E-state index >= 15 is 0 Å². The van der Waals surface area contributed by atoms with Crippen molar-refractivity contribution in [1.82, 2.24) is 10.3 Å². The number of nitrogens with zero attached hydrogens (tertiary/aromatic N) is 1. The van der Waals surface area contributed by atoms with Gasteiger partial charge in [0.15, 0.2) is 17.2 Å². The van der Waals surface area contributed by atoms with Gasteiger partial charge in [0.1, 0.15) is 12.1 Å². The number of hydrogen-bond donors (Lipinski definition) is 2. The van der Waals surface area contributed by atoms with Gasteiger partial charge in [-0.05, 0) is 55.2 Å². The number of carbonyl (C=O) groups is 2. The molecule has 0 aliphatic carbocycles. The standard InChI is InChI=1S/C25H25ClN2O5/c1-14-13-19(26)9-10-20(14)18-7-5-17(6-8-18)16(3)33-25(31)15(2)28-24(30)22-23(29)21(32-4)11-12-27-22/h5-13,15-16,29H,1-4H3,(H,28,30)/t15-,16-/m0/s1. The molecule has 7 nitrogen and oxygen atoms in total. The zero-order valence-corrected chi connectivity index (χ0v) is 19.5. The highest BCUT2D eigenvalue weighted by atomic mass is 35.5. The first-order valence-corrected chi connectivity index (χ1v) is 10.7. The lowest BCUT2D eigenvalue weighted by atomic mass is 9.98. The molecule has 0 aliphatic heterocycles. The molecule has 0 aliphatic rings. The van der Waals surface area contributed by atoms with E-state index in [1.54, 1.807) is 6.92 Å². The Morgan fingerprint density at radius 2 is 1.79 bits per heavy atom. The van der Waals surface area contributed by atoms with E-state index in [0.29, 0.717) is 5.02 Å². The Hall–Kier alpha value is -3.58. The molecule has 1 aromatic heterocycles. The summed E-state index contributed by atoms with van der Waals surface area (Å²) in [4.78, 5) is 28.8. The molecule has 2 aromatic carbocycles. The summed E-state index contributed by atoms with van der Waals surface area (Å²) in [5.74, 6) is -1.62. The Morgan fingerprint density at radius 3 is 2.42 bits per heavy atom. The van der Waals surface area contributed by atoms with Crippen molar-refractivity contribution >= 4 is 23.5 Å². The molecule has 2 atom stereocenters. The van der Waals surface area contributed by atoms with Crippen LogP contribution in [0.3, 0.4) is 0 Å². The summed E-state index contributed by atoms with van der Waals surface area (Å²) in [5, 5.41) is 13.2. The third-order valence-electron chi connectivity index (χ3n) is 5.20. The highest BCUT2D eigenvalue weighted by molar-refractivity contribution is 6.30. The average Bonchev–Trinajstić information content (AvgIpc) is 2.79. The molecule has 2 N–H and O–H groups in total. The van der Waals surface area contributed by atoms with Crippen LogP contribution in [0, 0.1) is 6.92 Å². The molecule has 172 valence electrons. The number of methoxy groups -OCH3 is 1. The topological polar surface area (TPSA) is 97.8 Å². The largest absolute Gasteiger partial charge is 0.503 e. The van der Waals surface area contributed by atoms with E-state index in [1.807, 2.05) is 49.4 Å². The van der Waals surface area contributed by atoms with Crippen molar-refractivity contribution in [2.75, 3.05) is 7.11 Å². The molecule has 0 fully saturated rings. The van der Waals surface area contributed by atoms with Crippen LogP contribution in [0.15, 0.2) is 54.7 Å². The average molecular weight is 469 g/mol. The van der Waals surface area contributed by atoms with Crippen LogP contribution in [0.1, 0.15) is 41.6 Å². The number of pyridine rings is 1. The minimum atomic E-state index is -0.955. The molecule has 0 radical (unpaired) electrons. The number of benzene rings is 2. The molecular formula is C25H25ClN2O5. The number of nitrogens with one attached hydrogen (secondary N) is 1. The summed E-state index contributed by atoms with van der Waals surface area (Å²) in [7, 11) is 1.36. The maximum Gasteiger partial charge on any atom is 0.328 e. The predicted molar refractivity (Wildman–Crippen MR) is 126 cm³/mol. The highest BCUT2D eigenvalue weighted by Gasteiger charge is 2.24. The molecule has 0 unspecified atom stereocenters. The van der Waals surface area contributed by atoms with Crippen LogP contribution in [0.4, 0.5) is 0 Å². The normalized spacial score (nSPS) is 12.5. The maximum atomic E-state index is 12.5. The number of halogens is 1. The Balaban J connectivity index is 1.63. The number of ether oxygens (including phenoxy) is 2. The van der Waals surface area contributed by atoms with Gasteiger partial charge in [-0.1, -0.05) is 41.9 Å². The van der Waals surface area contributed by atoms with Gasteiger partial charge in [-0.25, -0.2) is 9.78 Å². The van der Waals surface area contributed by atoms with Crippen LogP contribution in [-0.4, -0.2) is 35.1 Å². The van der Waals surface area contributed by atoms with Crippen molar-refractivity contribution in [2.24, 2.45) is 0 Å². The molecule has 0 spiro atoms. The molecular weight excluding hydrogens is 444 g/mol. The van der Waals surface area contributed by atoms with Crippen molar-refractivity contribution in [3.05, 3.63) is 76.6 Å². The Bertz CT molecular complexity index is 1160. The van der Waals surface area contributed by atoms with Gasteiger partial charge in [-0.15, -0.1) is 0 Å². The van der Waals surface area contributed by atoms with Crippen molar-refractivity contribution in [3.8, 4) is 22.6 Å². The first-order valence-electron chi connectivity index (χ1n) is 10.3. The molecule has 3 aromatic rings. The zero-order chi connectivity index (χ0) is 24.1. The van der Waals surface area contributed by atoms with Gasteiger partial charge in [0.2, 0.25) is 0 Å². The van der Waals surface area contributed by atoms with E-state index in [4.69, 9.17) is 21.1 Å². The molecule has 1 heterocycles. The summed E-state index contributed by atoms with van der Waals surface area (Å²) in [5.41, 5.74) is 3.73. The number of carbonyl (C=O) groups excluding carboxylic acids is 2. The molecule has 1 amide bonds. The van der Waals surface area contributed by atoms with Gasteiger partial charge in [-0.2, -0.15) is 0 Å². The predicted octanol–water partition coefficient (Wildman–Crippen LogP) is 4.85. The van der Waals surface area contributed by atoms with Crippen LogP contribution in [-0.2, 0) is 9.53 Å². The number of esters is 1. The molecule has 3 rings (SSSR count). The minimum absolute atomic E-state index is 0.108. The minimum Gasteiger partial charge on any atom is -0.503 e. The van der Waals surface area contributed by atoms with E-state index < -0.39 is 29.8 Å². The number of aryl methyl sites for hydroxylation is 1. The summed E-state index contributed by atoms with van der Waals surface area (Å²) < 4.78 is 10.5. The van der Waals surface area contributed by atoms with Crippen molar-refractivity contribution < 1.29 is 24.2 Å². The van der Waals surface area contributed by atoms with Gasteiger partial charge in [-0.3, -0.25) is 4.79 Å². The lowest BCUT2D eigenvalue weighted by Crippen LogP contribution is -2.40. The number of amides is 1. The lowest BCUT2D eigenvalue weighted by molar-refractivity contribution is -0.150. The van der Waals surface area contributed by atoms with Crippen LogP contribution in [0.2, 0.25) is 5.02 Å². The Morgan fingerprint density at radius 1 is 1.09 bits per heavy atom. The van der Waals surface area contributed by atoms with E-state index in [1.165, 1.54) is 26.3 Å². The summed E-state index contributed by atoms with van der Waals surface area (Å²) >= 11 is 6.04. The summed E-state index contributed by atoms with van der Waals surface area (Å²) in [6, 6.07) is 13.9. The highest BCUT2D eigenvalue weighted by Crippen LogP contribution is 2.29. The first-order chi connectivity index (χ1) is 15.7. The van der Waals surface area contributed by atoms with Gasteiger partial charge < -0.3 is 19.9 Å². The summed E-state index contributed by atoms with van der Waals surface area (Å²) in [6.45, 7) is 5.25. The second-order valence-electron chi connectivity index (χ2n) is 7.57. The van der Waals surface area contributed by atoms with Crippen molar-refractivity contribution in [3.63, 3.8) is 0 Å². The second-order valence-corrected chi connectivity index (χ2v) is 8.00. The van der Waals surface area contributed by atoms with E-state index in [0.717, 1.165) is 22.3 Å². The van der Waals surface area contributed by atoms with E-state index in [2.05, 4.69) is 10.3 Å². The van der Waals surface area contributed by atoms with Crippen molar-refractivity contribution in [1.29, 1.82) is 0 Å². The van der Waals surface area contributed by atoms with E-state index in [9.17, 15) is 14.7 Å². The van der Waals surface area contributed by atoms with Crippen LogP contribution >= 0.6 is 11.6 Å². The van der Waals surface area contributed by atoms with Crippen LogP contribution in [0.25, 0.3) is 11.1 Å². The monoisotopic (exact) mass is 468 g/mol. The number of hydrogen-bond acceptors (Lipinski definition) is 6. The maximum absolute atomic E-state index is 12.5. The van der Waals surface area contributed by atoms with Gasteiger partial charge >= 0.3 is 5.97 Å². The van der Waals surface area contributed by atoms with Crippen LogP contribution < -0.4 is 10.1 Å². The smallest absolute Gasteiger partial charge is 0.328 e. The fraction of sp³-hybridized carbons (Fsp3) is 0.240.